The summed E-state index contributed by atoms with van der Waals surface area (Å²) in [5.74, 6) is -0.0905. The van der Waals surface area contributed by atoms with Gasteiger partial charge in [0.05, 0.1) is 22.8 Å². The van der Waals surface area contributed by atoms with E-state index in [1.807, 2.05) is 43.3 Å². The highest BCUT2D eigenvalue weighted by molar-refractivity contribution is 5.94. The lowest BCUT2D eigenvalue weighted by molar-refractivity contribution is -0.159. The third kappa shape index (κ3) is 4.23. The van der Waals surface area contributed by atoms with E-state index < -0.39 is 30.7 Å². The molecule has 2 aromatic carbocycles. The number of hydrogen-bond acceptors (Lipinski definition) is 6. The van der Waals surface area contributed by atoms with Gasteiger partial charge in [-0.25, -0.2) is 9.48 Å². The number of para-hydroxylation sites is 3. The van der Waals surface area contributed by atoms with Crippen LogP contribution >= 0.6 is 0 Å². The maximum atomic E-state index is 12.5. The summed E-state index contributed by atoms with van der Waals surface area (Å²) in [4.78, 5) is 24.9. The van der Waals surface area contributed by atoms with Gasteiger partial charge >= 0.3 is 5.97 Å². The van der Waals surface area contributed by atoms with Crippen molar-refractivity contribution in [1.82, 2.24) is 9.78 Å². The Balaban J connectivity index is 1.38. The lowest BCUT2D eigenvalue weighted by Crippen LogP contribution is -2.45. The summed E-state index contributed by atoms with van der Waals surface area (Å²) in [5.41, 5.74) is 2.91. The van der Waals surface area contributed by atoms with Crippen molar-refractivity contribution in [1.29, 1.82) is 0 Å². The van der Waals surface area contributed by atoms with Crippen LogP contribution in [0.1, 0.15) is 18.3 Å². The number of esters is 1. The number of rotatable bonds is 5. The lowest BCUT2D eigenvalue weighted by atomic mass is 10.2. The molecule has 8 heteroatoms. The first kappa shape index (κ1) is 20.5. The van der Waals surface area contributed by atoms with E-state index in [2.05, 4.69) is 10.4 Å². The van der Waals surface area contributed by atoms with E-state index in [0.717, 1.165) is 11.4 Å². The van der Waals surface area contributed by atoms with Gasteiger partial charge in [-0.05, 0) is 45.0 Å². The summed E-state index contributed by atoms with van der Waals surface area (Å²) in [6, 6.07) is 16.7. The van der Waals surface area contributed by atoms with Gasteiger partial charge in [0.1, 0.15) is 6.10 Å². The molecule has 31 heavy (non-hydrogen) atoms. The van der Waals surface area contributed by atoms with Gasteiger partial charge in [0.15, 0.2) is 18.1 Å². The first-order valence-electron chi connectivity index (χ1n) is 9.94. The molecule has 8 nitrogen and oxygen atoms in total. The molecule has 1 aliphatic heterocycles. The predicted octanol–water partition coefficient (Wildman–Crippen LogP) is 3.20. The number of benzene rings is 2. The second kappa shape index (κ2) is 8.51. The van der Waals surface area contributed by atoms with Crippen LogP contribution in [0.15, 0.2) is 54.6 Å². The highest BCUT2D eigenvalue weighted by Crippen LogP contribution is 2.33. The molecule has 0 saturated carbocycles. The first-order valence-corrected chi connectivity index (χ1v) is 9.94. The highest BCUT2D eigenvalue weighted by Gasteiger charge is 2.35. The molecule has 2 heterocycles. The summed E-state index contributed by atoms with van der Waals surface area (Å²) in [6.45, 7) is 4.94. The minimum absolute atomic E-state index is 0.442. The Kier molecular flexibility index (Phi) is 5.62. The quantitative estimate of drug-likeness (QED) is 0.636. The zero-order valence-electron chi connectivity index (χ0n) is 17.5. The minimum atomic E-state index is -0.952. The molecule has 0 saturated heterocycles. The van der Waals surface area contributed by atoms with Crippen molar-refractivity contribution in [3.63, 3.8) is 0 Å². The Bertz CT molecular complexity index is 1110. The van der Waals surface area contributed by atoms with Crippen molar-refractivity contribution in [3.8, 4) is 17.2 Å². The standard InChI is InChI=1S/C23H23N3O5/c1-14-21(15(2)26(25-14)17-9-5-4-6-10-17)24-20(27)13-29-23(28)22-16(3)30-18-11-7-8-12-19(18)31-22/h4-12,16,22H,13H2,1-3H3,(H,24,27). The van der Waals surface area contributed by atoms with Crippen LogP contribution in [0.4, 0.5) is 5.69 Å². The second-order valence-corrected chi connectivity index (χ2v) is 7.26. The van der Waals surface area contributed by atoms with Gasteiger partial charge in [-0.15, -0.1) is 0 Å². The molecule has 1 N–H and O–H groups in total. The SMILES string of the molecule is Cc1nn(-c2ccccc2)c(C)c1NC(=O)COC(=O)C1Oc2ccccc2OC1C. The van der Waals surface area contributed by atoms with E-state index in [1.54, 1.807) is 36.7 Å². The maximum absolute atomic E-state index is 12.5. The van der Waals surface area contributed by atoms with Crippen molar-refractivity contribution in [2.24, 2.45) is 0 Å². The number of aromatic nitrogens is 2. The Morgan fingerprint density at radius 1 is 1.03 bits per heavy atom. The van der Waals surface area contributed by atoms with E-state index in [-0.39, 0.29) is 0 Å². The number of nitrogens with one attached hydrogen (secondary N) is 1. The van der Waals surface area contributed by atoms with E-state index in [1.165, 1.54) is 0 Å². The highest BCUT2D eigenvalue weighted by atomic mass is 16.6. The van der Waals surface area contributed by atoms with Crippen molar-refractivity contribution in [3.05, 3.63) is 66.0 Å². The van der Waals surface area contributed by atoms with Crippen LogP contribution in [0.25, 0.3) is 5.69 Å². The molecule has 160 valence electrons. The van der Waals surface area contributed by atoms with Gasteiger partial charge in [-0.3, -0.25) is 4.79 Å². The average molecular weight is 421 g/mol. The van der Waals surface area contributed by atoms with Crippen molar-refractivity contribution < 1.29 is 23.8 Å². The van der Waals surface area contributed by atoms with Gasteiger partial charge in [0, 0.05) is 0 Å². The maximum Gasteiger partial charge on any atom is 0.351 e. The Hall–Kier alpha value is -3.81. The zero-order valence-corrected chi connectivity index (χ0v) is 17.5. The third-order valence-electron chi connectivity index (χ3n) is 4.98. The molecule has 1 aromatic heterocycles. The number of ether oxygens (including phenoxy) is 3. The minimum Gasteiger partial charge on any atom is -0.482 e. The number of nitrogens with zero attached hydrogens (tertiary/aromatic N) is 2. The van der Waals surface area contributed by atoms with Crippen LogP contribution in [0.5, 0.6) is 11.5 Å². The van der Waals surface area contributed by atoms with Crippen LogP contribution in [0.3, 0.4) is 0 Å². The fourth-order valence-electron chi connectivity index (χ4n) is 3.42. The molecule has 1 amide bonds. The molecule has 3 aromatic rings. The monoisotopic (exact) mass is 421 g/mol. The smallest absolute Gasteiger partial charge is 0.351 e. The first-order chi connectivity index (χ1) is 14.9. The van der Waals surface area contributed by atoms with Crippen LogP contribution in [0, 0.1) is 13.8 Å². The molecule has 0 aliphatic carbocycles. The largest absolute Gasteiger partial charge is 0.482 e. The van der Waals surface area contributed by atoms with Crippen molar-refractivity contribution >= 4 is 17.6 Å². The van der Waals surface area contributed by atoms with Crippen molar-refractivity contribution in [2.75, 3.05) is 11.9 Å². The van der Waals surface area contributed by atoms with Gasteiger partial charge in [0.2, 0.25) is 6.10 Å². The molecule has 0 spiro atoms. The molecule has 4 rings (SSSR count). The van der Waals surface area contributed by atoms with Gasteiger partial charge in [0.25, 0.3) is 5.91 Å². The zero-order chi connectivity index (χ0) is 22.0. The fourth-order valence-corrected chi connectivity index (χ4v) is 3.42. The lowest BCUT2D eigenvalue weighted by Gasteiger charge is -2.30. The number of hydrogen-bond donors (Lipinski definition) is 1. The van der Waals surface area contributed by atoms with E-state index >= 15 is 0 Å². The summed E-state index contributed by atoms with van der Waals surface area (Å²) >= 11 is 0. The summed E-state index contributed by atoms with van der Waals surface area (Å²) in [6.07, 6.45) is -1.49. The van der Waals surface area contributed by atoms with Crippen molar-refractivity contribution in [2.45, 2.75) is 33.0 Å². The molecule has 0 bridgehead atoms. The van der Waals surface area contributed by atoms with E-state index in [9.17, 15) is 9.59 Å². The normalized spacial score (nSPS) is 17.1. The predicted molar refractivity (Wildman–Crippen MR) is 114 cm³/mol. The van der Waals surface area contributed by atoms with Gasteiger partial charge in [-0.2, -0.15) is 5.10 Å². The molecule has 0 fully saturated rings. The number of anilines is 1. The van der Waals surface area contributed by atoms with Crippen LogP contribution in [-0.2, 0) is 14.3 Å². The second-order valence-electron chi connectivity index (χ2n) is 7.26. The van der Waals surface area contributed by atoms with E-state index in [0.29, 0.717) is 22.9 Å². The Morgan fingerprint density at radius 3 is 2.39 bits per heavy atom. The average Bonchev–Trinajstić information content (AvgIpc) is 3.06. The van der Waals surface area contributed by atoms with Crippen LogP contribution in [0.2, 0.25) is 0 Å². The summed E-state index contributed by atoms with van der Waals surface area (Å²) < 4.78 is 18.4. The van der Waals surface area contributed by atoms with Crippen LogP contribution < -0.4 is 14.8 Å². The molecule has 2 unspecified atom stereocenters. The summed E-state index contributed by atoms with van der Waals surface area (Å²) in [7, 11) is 0. The Morgan fingerprint density at radius 2 is 1.68 bits per heavy atom. The van der Waals surface area contributed by atoms with Crippen LogP contribution in [-0.4, -0.2) is 40.5 Å². The molecular formula is C23H23N3O5. The number of carbonyl (C=O) groups is 2. The number of carbonyl (C=O) groups excluding carboxylic acids is 2. The molecule has 2 atom stereocenters. The Labute approximate surface area is 179 Å². The number of amides is 1. The van der Waals surface area contributed by atoms with Gasteiger partial charge < -0.3 is 19.5 Å². The number of fused-ring (bicyclic) bond motifs is 1. The third-order valence-corrected chi connectivity index (χ3v) is 4.98. The topological polar surface area (TPSA) is 91.7 Å². The summed E-state index contributed by atoms with van der Waals surface area (Å²) in [5, 5.41) is 7.27. The molecule has 0 radical (unpaired) electrons. The fraction of sp³-hybridized carbons (Fsp3) is 0.261. The van der Waals surface area contributed by atoms with E-state index in [4.69, 9.17) is 14.2 Å². The molecule has 1 aliphatic rings. The van der Waals surface area contributed by atoms with Gasteiger partial charge in [-0.1, -0.05) is 30.3 Å². The molecular weight excluding hydrogens is 398 g/mol. The number of aryl methyl sites for hydroxylation is 1.